The predicted octanol–water partition coefficient (Wildman–Crippen LogP) is 4.10. The lowest BCUT2D eigenvalue weighted by Gasteiger charge is -2.24. The van der Waals surface area contributed by atoms with E-state index in [0.717, 1.165) is 18.5 Å². The summed E-state index contributed by atoms with van der Waals surface area (Å²) in [5.41, 5.74) is 1.62. The lowest BCUT2D eigenvalue weighted by molar-refractivity contribution is 0.286. The average Bonchev–Trinajstić information content (AvgIpc) is 2.64. The second-order valence-corrected chi connectivity index (χ2v) is 6.18. The number of nitrogens with one attached hydrogen (secondary N) is 1. The summed E-state index contributed by atoms with van der Waals surface area (Å²) in [4.78, 5) is 0. The van der Waals surface area contributed by atoms with E-state index in [1.807, 2.05) is 30.3 Å². The molecule has 24 heavy (non-hydrogen) atoms. The molecule has 1 saturated heterocycles. The minimum Gasteiger partial charge on any atom is -0.496 e. The van der Waals surface area contributed by atoms with E-state index < -0.39 is 0 Å². The van der Waals surface area contributed by atoms with E-state index in [2.05, 4.69) is 5.32 Å². The number of rotatable bonds is 6. The van der Waals surface area contributed by atoms with Gasteiger partial charge in [0.2, 0.25) is 0 Å². The molecule has 128 valence electrons. The van der Waals surface area contributed by atoms with E-state index in [1.165, 1.54) is 12.8 Å². The minimum atomic E-state index is -0.308. The Balaban J connectivity index is 1.76. The monoisotopic (exact) mass is 329 g/mol. The van der Waals surface area contributed by atoms with Crippen molar-refractivity contribution < 1.29 is 13.9 Å². The summed E-state index contributed by atoms with van der Waals surface area (Å²) < 4.78 is 26.0. The number of hydrogen-bond donors (Lipinski definition) is 1. The van der Waals surface area contributed by atoms with Gasteiger partial charge in [-0.1, -0.05) is 36.8 Å². The van der Waals surface area contributed by atoms with Crippen LogP contribution in [-0.2, 0) is 13.0 Å². The molecule has 1 fully saturated rings. The van der Waals surface area contributed by atoms with Crippen LogP contribution < -0.4 is 14.8 Å². The second-order valence-electron chi connectivity index (χ2n) is 6.18. The summed E-state index contributed by atoms with van der Waals surface area (Å²) in [6.45, 7) is 1.35. The van der Waals surface area contributed by atoms with Crippen molar-refractivity contribution in [1.29, 1.82) is 0 Å². The molecule has 1 aliphatic heterocycles. The molecular weight excluding hydrogens is 305 g/mol. The molecule has 3 nitrogen and oxygen atoms in total. The van der Waals surface area contributed by atoms with Crippen molar-refractivity contribution >= 4 is 0 Å². The zero-order valence-electron chi connectivity index (χ0n) is 14.1. The maximum atomic E-state index is 14.9. The Morgan fingerprint density at radius 2 is 1.88 bits per heavy atom. The van der Waals surface area contributed by atoms with Crippen LogP contribution in [0.25, 0.3) is 0 Å². The van der Waals surface area contributed by atoms with E-state index in [4.69, 9.17) is 9.47 Å². The molecule has 0 bridgehead atoms. The fraction of sp³-hybridized carbons (Fsp3) is 0.400. The number of ether oxygens (including phenoxy) is 2. The number of hydrogen-bond acceptors (Lipinski definition) is 3. The fourth-order valence-electron chi connectivity index (χ4n) is 3.15. The zero-order valence-corrected chi connectivity index (χ0v) is 14.1. The molecule has 0 radical (unpaired) electrons. The lowest BCUT2D eigenvalue weighted by atomic mass is 9.96. The molecule has 1 atom stereocenters. The number of piperidine rings is 1. The molecule has 4 heteroatoms. The van der Waals surface area contributed by atoms with E-state index in [-0.39, 0.29) is 11.6 Å². The van der Waals surface area contributed by atoms with Crippen LogP contribution in [0.15, 0.2) is 42.5 Å². The Hall–Kier alpha value is -2.07. The summed E-state index contributed by atoms with van der Waals surface area (Å²) in [5, 5.41) is 3.46. The molecule has 0 aromatic heterocycles. The highest BCUT2D eigenvalue weighted by Crippen LogP contribution is 2.31. The summed E-state index contributed by atoms with van der Waals surface area (Å²) in [6, 6.07) is 13.5. The van der Waals surface area contributed by atoms with Crippen LogP contribution in [0.3, 0.4) is 0 Å². The van der Waals surface area contributed by atoms with Crippen molar-refractivity contribution in [2.45, 2.75) is 38.3 Å². The van der Waals surface area contributed by atoms with Gasteiger partial charge in [0.25, 0.3) is 0 Å². The first-order valence-corrected chi connectivity index (χ1v) is 8.53. The molecule has 0 saturated carbocycles. The molecule has 0 spiro atoms. The minimum absolute atomic E-state index is 0.283. The van der Waals surface area contributed by atoms with Crippen LogP contribution in [0.1, 0.15) is 30.4 Å². The quantitative estimate of drug-likeness (QED) is 0.865. The SMILES string of the molecule is COc1ccc(OCc2ccccc2)c(F)c1CC1CCCCN1. The van der Waals surface area contributed by atoms with Crippen molar-refractivity contribution in [1.82, 2.24) is 5.32 Å². The summed E-state index contributed by atoms with van der Waals surface area (Å²) >= 11 is 0. The van der Waals surface area contributed by atoms with Crippen LogP contribution in [-0.4, -0.2) is 19.7 Å². The fourth-order valence-corrected chi connectivity index (χ4v) is 3.15. The third-order valence-corrected chi connectivity index (χ3v) is 4.48. The molecular formula is C20H24FNO2. The third kappa shape index (κ3) is 4.06. The maximum Gasteiger partial charge on any atom is 0.172 e. The van der Waals surface area contributed by atoms with Crippen molar-refractivity contribution in [3.8, 4) is 11.5 Å². The van der Waals surface area contributed by atoms with Gasteiger partial charge >= 0.3 is 0 Å². The largest absolute Gasteiger partial charge is 0.496 e. The zero-order chi connectivity index (χ0) is 16.8. The summed E-state index contributed by atoms with van der Waals surface area (Å²) in [7, 11) is 1.58. The van der Waals surface area contributed by atoms with E-state index >= 15 is 0 Å². The lowest BCUT2D eigenvalue weighted by Crippen LogP contribution is -2.35. The summed E-state index contributed by atoms with van der Waals surface area (Å²) in [5.74, 6) is 0.565. The molecule has 1 N–H and O–H groups in total. The number of benzene rings is 2. The second kappa shape index (κ2) is 8.15. The molecule has 3 rings (SSSR count). The van der Waals surface area contributed by atoms with Gasteiger partial charge in [0.05, 0.1) is 7.11 Å². The van der Waals surface area contributed by atoms with Crippen molar-refractivity contribution in [3.63, 3.8) is 0 Å². The molecule has 0 aliphatic carbocycles. The summed E-state index contributed by atoms with van der Waals surface area (Å²) in [6.07, 6.45) is 4.07. The number of methoxy groups -OCH3 is 1. The van der Waals surface area contributed by atoms with Gasteiger partial charge in [-0.15, -0.1) is 0 Å². The van der Waals surface area contributed by atoms with Crippen LogP contribution in [0.4, 0.5) is 4.39 Å². The van der Waals surface area contributed by atoms with Gasteiger partial charge in [0, 0.05) is 11.6 Å². The molecule has 0 amide bonds. The standard InChI is InChI=1S/C20H24FNO2/c1-23-18-10-11-19(24-14-15-7-3-2-4-8-15)20(21)17(18)13-16-9-5-6-12-22-16/h2-4,7-8,10-11,16,22H,5-6,9,12-14H2,1H3. The van der Waals surface area contributed by atoms with Gasteiger partial charge in [-0.25, -0.2) is 4.39 Å². The van der Waals surface area contributed by atoms with Crippen LogP contribution in [0.2, 0.25) is 0 Å². The Morgan fingerprint density at radius 1 is 1.08 bits per heavy atom. The highest BCUT2D eigenvalue weighted by atomic mass is 19.1. The predicted molar refractivity (Wildman–Crippen MR) is 93.1 cm³/mol. The maximum absolute atomic E-state index is 14.9. The van der Waals surface area contributed by atoms with Crippen LogP contribution >= 0.6 is 0 Å². The van der Waals surface area contributed by atoms with Gasteiger partial charge in [-0.2, -0.15) is 0 Å². The third-order valence-electron chi connectivity index (χ3n) is 4.48. The Kier molecular flexibility index (Phi) is 5.70. The molecule has 1 heterocycles. The smallest absolute Gasteiger partial charge is 0.172 e. The molecule has 2 aromatic carbocycles. The first-order chi connectivity index (χ1) is 11.8. The Labute approximate surface area is 142 Å². The Morgan fingerprint density at radius 3 is 2.58 bits per heavy atom. The Bertz CT molecular complexity index is 654. The normalized spacial score (nSPS) is 17.5. The van der Waals surface area contributed by atoms with Crippen molar-refractivity contribution in [2.75, 3.05) is 13.7 Å². The molecule has 1 unspecified atom stereocenters. The highest BCUT2D eigenvalue weighted by Gasteiger charge is 2.21. The molecule has 2 aromatic rings. The first kappa shape index (κ1) is 16.8. The topological polar surface area (TPSA) is 30.5 Å². The van der Waals surface area contributed by atoms with Gasteiger partial charge in [0.1, 0.15) is 12.4 Å². The van der Waals surface area contributed by atoms with Crippen molar-refractivity contribution in [2.24, 2.45) is 0 Å². The van der Waals surface area contributed by atoms with Crippen LogP contribution in [0, 0.1) is 5.82 Å². The number of halogens is 1. The van der Waals surface area contributed by atoms with Gasteiger partial charge in [0.15, 0.2) is 11.6 Å². The van der Waals surface area contributed by atoms with Gasteiger partial charge in [-0.3, -0.25) is 0 Å². The molecule has 1 aliphatic rings. The van der Waals surface area contributed by atoms with Gasteiger partial charge in [-0.05, 0) is 43.5 Å². The van der Waals surface area contributed by atoms with Crippen molar-refractivity contribution in [3.05, 3.63) is 59.4 Å². The first-order valence-electron chi connectivity index (χ1n) is 8.53. The van der Waals surface area contributed by atoms with Gasteiger partial charge < -0.3 is 14.8 Å². The average molecular weight is 329 g/mol. The van der Waals surface area contributed by atoms with Crippen LogP contribution in [0.5, 0.6) is 11.5 Å². The van der Waals surface area contributed by atoms with E-state index in [9.17, 15) is 4.39 Å². The van der Waals surface area contributed by atoms with E-state index in [0.29, 0.717) is 30.4 Å². The van der Waals surface area contributed by atoms with E-state index in [1.54, 1.807) is 19.2 Å². The highest BCUT2D eigenvalue weighted by molar-refractivity contribution is 5.42.